The molecule has 1 atom stereocenters. The van der Waals surface area contributed by atoms with Crippen LogP contribution in [-0.2, 0) is 4.79 Å². The molecule has 0 saturated heterocycles. The van der Waals surface area contributed by atoms with E-state index in [-0.39, 0.29) is 16.9 Å². The summed E-state index contributed by atoms with van der Waals surface area (Å²) in [5.74, 6) is 0.829. The summed E-state index contributed by atoms with van der Waals surface area (Å²) >= 11 is 6.78. The van der Waals surface area contributed by atoms with E-state index < -0.39 is 6.04 Å². The Bertz CT molecular complexity index is 1260. The summed E-state index contributed by atoms with van der Waals surface area (Å²) in [6.07, 6.45) is 8.64. The van der Waals surface area contributed by atoms with Crippen molar-refractivity contribution >= 4 is 28.8 Å². The van der Waals surface area contributed by atoms with Gasteiger partial charge in [0.2, 0.25) is 0 Å². The molecule has 0 radical (unpaired) electrons. The Hall–Kier alpha value is -3.44. The monoisotopic (exact) mass is 490 g/mol. The number of phenols is 1. The number of allylic oxidation sites excluding steroid dienone is 4. The highest BCUT2D eigenvalue weighted by Crippen LogP contribution is 2.48. The van der Waals surface area contributed by atoms with Crippen molar-refractivity contribution in [3.63, 3.8) is 0 Å². The summed E-state index contributed by atoms with van der Waals surface area (Å²) in [6.45, 7) is 10.2. The molecule has 2 aromatic rings. The van der Waals surface area contributed by atoms with Gasteiger partial charge in [0, 0.05) is 22.7 Å². The minimum absolute atomic E-state index is 0.0664. The molecule has 0 aromatic heterocycles. The third-order valence-corrected chi connectivity index (χ3v) is 6.66. The molecule has 3 N–H and O–H groups in total. The van der Waals surface area contributed by atoms with Gasteiger partial charge < -0.3 is 20.5 Å². The number of rotatable bonds is 6. The van der Waals surface area contributed by atoms with Crippen LogP contribution in [0.1, 0.15) is 45.2 Å². The Labute approximate surface area is 211 Å². The number of fused-ring (bicyclic) bond motifs is 1. The summed E-state index contributed by atoms with van der Waals surface area (Å²) in [5.41, 5.74) is 4.34. The van der Waals surface area contributed by atoms with Crippen molar-refractivity contribution in [1.82, 2.24) is 0 Å². The topological polar surface area (TPSA) is 70.6 Å². The van der Waals surface area contributed by atoms with Crippen LogP contribution in [0, 0.1) is 5.41 Å². The highest BCUT2D eigenvalue weighted by atomic mass is 35.5. The van der Waals surface area contributed by atoms with Gasteiger partial charge >= 0.3 is 0 Å². The van der Waals surface area contributed by atoms with Crippen LogP contribution in [0.2, 0.25) is 5.02 Å². The van der Waals surface area contributed by atoms with Crippen molar-refractivity contribution in [2.75, 3.05) is 17.2 Å². The fourth-order valence-electron chi connectivity index (χ4n) is 4.60. The predicted octanol–water partition coefficient (Wildman–Crippen LogP) is 7.33. The molecule has 1 aliphatic heterocycles. The lowest BCUT2D eigenvalue weighted by atomic mass is 9.73. The second-order valence-corrected chi connectivity index (χ2v) is 10.1. The molecule has 0 fully saturated rings. The number of hydrogen-bond donors (Lipinski definition) is 3. The number of benzene rings is 2. The van der Waals surface area contributed by atoms with Crippen molar-refractivity contribution in [2.45, 2.75) is 39.7 Å². The van der Waals surface area contributed by atoms with Crippen molar-refractivity contribution in [3.05, 3.63) is 94.7 Å². The number of para-hydroxylation sites is 1. The van der Waals surface area contributed by atoms with Crippen molar-refractivity contribution < 1.29 is 14.6 Å². The minimum Gasteiger partial charge on any atom is -0.506 e. The predicted molar refractivity (Wildman–Crippen MR) is 143 cm³/mol. The molecule has 2 aliphatic rings. The Kier molecular flexibility index (Phi) is 7.08. The number of phenolic OH excluding ortho intramolecular Hbond substituents is 1. The first-order valence-electron chi connectivity index (χ1n) is 11.7. The smallest absolute Gasteiger partial charge is 0.163 e. The number of halogens is 1. The van der Waals surface area contributed by atoms with Crippen LogP contribution in [0.4, 0.5) is 11.4 Å². The van der Waals surface area contributed by atoms with E-state index in [1.54, 1.807) is 24.3 Å². The summed E-state index contributed by atoms with van der Waals surface area (Å²) in [6, 6.07) is 10.4. The average molecular weight is 491 g/mol. The lowest BCUT2D eigenvalue weighted by molar-refractivity contribution is -0.118. The number of carbonyl (C=O) groups is 1. The number of ketones is 1. The molecule has 0 spiro atoms. The van der Waals surface area contributed by atoms with E-state index in [0.29, 0.717) is 47.2 Å². The number of Topliss-reactive ketones (excluding diaryl/α,β-unsaturated/α-hetero) is 1. The number of hydrogen-bond acceptors (Lipinski definition) is 5. The summed E-state index contributed by atoms with van der Waals surface area (Å²) < 4.78 is 5.95. The standard InChI is InChI=1S/C29H31ClN2O3/c1-5-7-9-18(6-2)17-35-19-12-13-20(21(30)14-19)27-26-23(15-29(3,4)16-25(26)34)32-28-22(31-27)10-8-11-24(28)33/h5-14,27,31-33H,1,15-17H2,2-4H3/b9-7-,18-6+. The lowest BCUT2D eigenvalue weighted by Crippen LogP contribution is -2.31. The Balaban J connectivity index is 1.71. The summed E-state index contributed by atoms with van der Waals surface area (Å²) in [5, 5.41) is 17.8. The molecule has 6 heteroatoms. The Morgan fingerprint density at radius 2 is 2.09 bits per heavy atom. The van der Waals surface area contributed by atoms with Gasteiger partial charge in [-0.15, -0.1) is 0 Å². The average Bonchev–Trinajstić information content (AvgIpc) is 2.96. The molecule has 0 bridgehead atoms. The largest absolute Gasteiger partial charge is 0.506 e. The fraction of sp³-hybridized carbons (Fsp3) is 0.276. The molecule has 182 valence electrons. The van der Waals surface area contributed by atoms with Crippen LogP contribution in [0.15, 0.2) is 84.1 Å². The first-order valence-corrected chi connectivity index (χ1v) is 12.1. The zero-order valence-electron chi connectivity index (χ0n) is 20.3. The third kappa shape index (κ3) is 5.30. The van der Waals surface area contributed by atoms with Gasteiger partial charge in [-0.1, -0.05) is 68.5 Å². The molecule has 2 aromatic carbocycles. The van der Waals surface area contributed by atoms with Gasteiger partial charge in [-0.2, -0.15) is 0 Å². The lowest BCUT2D eigenvalue weighted by Gasteiger charge is -2.34. The van der Waals surface area contributed by atoms with Gasteiger partial charge in [0.05, 0.1) is 11.7 Å². The van der Waals surface area contributed by atoms with E-state index in [1.807, 2.05) is 43.4 Å². The minimum atomic E-state index is -0.465. The molecule has 0 amide bonds. The molecule has 4 rings (SSSR count). The quantitative estimate of drug-likeness (QED) is 0.292. The third-order valence-electron chi connectivity index (χ3n) is 6.33. The van der Waals surface area contributed by atoms with E-state index in [2.05, 4.69) is 31.1 Å². The second-order valence-electron chi connectivity index (χ2n) is 9.67. The van der Waals surface area contributed by atoms with Crippen LogP contribution in [-0.4, -0.2) is 17.5 Å². The van der Waals surface area contributed by atoms with E-state index in [9.17, 15) is 9.90 Å². The summed E-state index contributed by atoms with van der Waals surface area (Å²) in [4.78, 5) is 13.4. The zero-order chi connectivity index (χ0) is 25.2. The van der Waals surface area contributed by atoms with Gasteiger partial charge in [-0.25, -0.2) is 0 Å². The highest BCUT2D eigenvalue weighted by Gasteiger charge is 2.39. The van der Waals surface area contributed by atoms with E-state index in [4.69, 9.17) is 16.3 Å². The first-order chi connectivity index (χ1) is 16.7. The number of aromatic hydroxyl groups is 1. The molecule has 1 heterocycles. The van der Waals surface area contributed by atoms with E-state index >= 15 is 0 Å². The molecule has 1 aliphatic carbocycles. The highest BCUT2D eigenvalue weighted by molar-refractivity contribution is 6.31. The molecular weight excluding hydrogens is 460 g/mol. The number of ether oxygens (including phenoxy) is 1. The first kappa shape index (κ1) is 24.7. The summed E-state index contributed by atoms with van der Waals surface area (Å²) in [7, 11) is 0. The zero-order valence-corrected chi connectivity index (χ0v) is 21.1. The molecule has 1 unspecified atom stereocenters. The maximum absolute atomic E-state index is 13.4. The molecule has 0 saturated carbocycles. The van der Waals surface area contributed by atoms with Gasteiger partial charge in [-0.05, 0) is 54.2 Å². The maximum Gasteiger partial charge on any atom is 0.163 e. The van der Waals surface area contributed by atoms with Crippen LogP contribution < -0.4 is 15.4 Å². The van der Waals surface area contributed by atoms with Gasteiger partial charge in [0.25, 0.3) is 0 Å². The Morgan fingerprint density at radius 1 is 1.29 bits per heavy atom. The van der Waals surface area contributed by atoms with Gasteiger partial charge in [-0.3, -0.25) is 4.79 Å². The number of nitrogens with one attached hydrogen (secondary N) is 2. The normalized spacial score (nSPS) is 19.4. The number of anilines is 2. The fourth-order valence-corrected chi connectivity index (χ4v) is 4.88. The van der Waals surface area contributed by atoms with E-state index in [0.717, 1.165) is 16.8 Å². The number of carbonyl (C=O) groups excluding carboxylic acids is 1. The second kappa shape index (κ2) is 10.0. The van der Waals surface area contributed by atoms with E-state index in [1.165, 1.54) is 0 Å². The Morgan fingerprint density at radius 3 is 2.80 bits per heavy atom. The van der Waals surface area contributed by atoms with Crippen molar-refractivity contribution in [2.24, 2.45) is 5.41 Å². The van der Waals surface area contributed by atoms with Gasteiger partial charge in [0.15, 0.2) is 5.78 Å². The van der Waals surface area contributed by atoms with Crippen LogP contribution in [0.5, 0.6) is 11.5 Å². The van der Waals surface area contributed by atoms with Crippen LogP contribution in [0.3, 0.4) is 0 Å². The van der Waals surface area contributed by atoms with Crippen LogP contribution >= 0.6 is 11.6 Å². The SMILES string of the molecule is C=C/C=C\C(=C/C)COc1ccc(C2Nc3cccc(O)c3NC3=C2C(=O)CC(C)(C)C3)c(Cl)c1. The maximum atomic E-state index is 13.4. The molecular formula is C29H31ClN2O3. The van der Waals surface area contributed by atoms with Gasteiger partial charge in [0.1, 0.15) is 23.8 Å². The van der Waals surface area contributed by atoms with Crippen molar-refractivity contribution in [1.29, 1.82) is 0 Å². The van der Waals surface area contributed by atoms with Crippen LogP contribution in [0.25, 0.3) is 0 Å². The van der Waals surface area contributed by atoms with Crippen molar-refractivity contribution in [3.8, 4) is 11.5 Å². The molecule has 5 nitrogen and oxygen atoms in total. The molecule has 35 heavy (non-hydrogen) atoms.